The van der Waals surface area contributed by atoms with Crippen LogP contribution in [0.15, 0.2) is 47.6 Å². The first-order valence-electron chi connectivity index (χ1n) is 11.9. The molecule has 198 valence electrons. The van der Waals surface area contributed by atoms with Crippen LogP contribution in [0.5, 0.6) is 0 Å². The van der Waals surface area contributed by atoms with Crippen LogP contribution in [0.4, 0.5) is 30.2 Å². The predicted octanol–water partition coefficient (Wildman–Crippen LogP) is 5.37. The molecular formula is C25H26ClF3N4O4. The Hall–Kier alpha value is -3.18. The highest BCUT2D eigenvalue weighted by Crippen LogP contribution is 2.38. The summed E-state index contributed by atoms with van der Waals surface area (Å²) in [6, 6.07) is 10.2. The van der Waals surface area contributed by atoms with Gasteiger partial charge in [-0.15, -0.1) is 4.91 Å². The van der Waals surface area contributed by atoms with E-state index in [2.05, 4.69) is 10.5 Å². The minimum absolute atomic E-state index is 0.0280. The Morgan fingerprint density at radius 1 is 1.08 bits per heavy atom. The van der Waals surface area contributed by atoms with Crippen LogP contribution in [0.3, 0.4) is 0 Å². The third-order valence-electron chi connectivity index (χ3n) is 6.60. The van der Waals surface area contributed by atoms with Gasteiger partial charge < -0.3 is 19.9 Å². The quantitative estimate of drug-likeness (QED) is 0.478. The lowest BCUT2D eigenvalue weighted by atomic mass is 9.92. The Morgan fingerprint density at radius 3 is 2.41 bits per heavy atom. The maximum atomic E-state index is 13.2. The molecule has 4 rings (SSSR count). The molecule has 1 saturated heterocycles. The summed E-state index contributed by atoms with van der Waals surface area (Å²) in [6.45, 7) is 0.611. The van der Waals surface area contributed by atoms with E-state index < -0.39 is 17.4 Å². The molecule has 2 aliphatic rings. The number of hydrogen-bond acceptors (Lipinski definition) is 6. The van der Waals surface area contributed by atoms with Gasteiger partial charge in [0.15, 0.2) is 0 Å². The standard InChI is InChI=1S/C25H26ClF3N4O4/c26-16-1-6-19(7-2-16)33-12-11-32(14-23(33)34)24(35)15-37-20-8-3-17(4-9-20)30-18-5-10-22(31-36)21(13-18)25(27,28)29/h1-2,5-7,10,13,17,20,30H,3-4,8-9,11-12,14-15H2. The van der Waals surface area contributed by atoms with E-state index in [1.165, 1.54) is 11.0 Å². The van der Waals surface area contributed by atoms with E-state index in [-0.39, 0.29) is 42.8 Å². The van der Waals surface area contributed by atoms with Crippen molar-refractivity contribution in [2.75, 3.05) is 36.5 Å². The normalized spacial score (nSPS) is 20.6. The van der Waals surface area contributed by atoms with Gasteiger partial charge in [0.05, 0.1) is 11.7 Å². The van der Waals surface area contributed by atoms with Gasteiger partial charge in [0.25, 0.3) is 0 Å². The number of nitrogens with one attached hydrogen (secondary N) is 1. The first-order valence-corrected chi connectivity index (χ1v) is 12.3. The summed E-state index contributed by atoms with van der Waals surface area (Å²) in [4.78, 5) is 39.0. The number of alkyl halides is 3. The number of carbonyl (C=O) groups excluding carboxylic acids is 2. The number of rotatable bonds is 7. The maximum absolute atomic E-state index is 13.2. The lowest BCUT2D eigenvalue weighted by molar-refractivity contribution is -0.142. The molecule has 1 aliphatic heterocycles. The lowest BCUT2D eigenvalue weighted by Crippen LogP contribution is -2.53. The average molecular weight is 539 g/mol. The third-order valence-corrected chi connectivity index (χ3v) is 6.85. The largest absolute Gasteiger partial charge is 0.418 e. The van der Waals surface area contributed by atoms with Crippen LogP contribution in [-0.2, 0) is 20.5 Å². The first kappa shape index (κ1) is 26.9. The molecule has 2 fully saturated rings. The zero-order valence-electron chi connectivity index (χ0n) is 19.8. The fourth-order valence-corrected chi connectivity index (χ4v) is 4.73. The van der Waals surface area contributed by atoms with Gasteiger partial charge in [0.2, 0.25) is 11.8 Å². The van der Waals surface area contributed by atoms with Crippen LogP contribution in [0, 0.1) is 4.91 Å². The summed E-state index contributed by atoms with van der Waals surface area (Å²) < 4.78 is 45.3. The Kier molecular flexibility index (Phi) is 8.33. The highest BCUT2D eigenvalue weighted by molar-refractivity contribution is 6.30. The molecule has 1 heterocycles. The van der Waals surface area contributed by atoms with Gasteiger partial charge in [-0.3, -0.25) is 9.59 Å². The summed E-state index contributed by atoms with van der Waals surface area (Å²) in [5.41, 5.74) is -0.723. The SMILES string of the molecule is O=Nc1ccc(NC2CCC(OCC(=O)N3CCN(c4ccc(Cl)cc4)C(=O)C3)CC2)cc1C(F)(F)F. The van der Waals surface area contributed by atoms with Crippen LogP contribution in [0.25, 0.3) is 0 Å². The van der Waals surface area contributed by atoms with Gasteiger partial charge in [0.1, 0.15) is 18.8 Å². The molecule has 0 radical (unpaired) electrons. The van der Waals surface area contributed by atoms with E-state index in [1.54, 1.807) is 29.2 Å². The molecule has 2 aromatic carbocycles. The van der Waals surface area contributed by atoms with Crippen molar-refractivity contribution in [1.29, 1.82) is 0 Å². The van der Waals surface area contributed by atoms with Crippen molar-refractivity contribution in [3.8, 4) is 0 Å². The van der Waals surface area contributed by atoms with Crippen molar-refractivity contribution in [3.05, 3.63) is 58.0 Å². The van der Waals surface area contributed by atoms with E-state index in [1.807, 2.05) is 0 Å². The van der Waals surface area contributed by atoms with Crippen molar-refractivity contribution in [2.45, 2.75) is 44.0 Å². The number of piperazine rings is 1. The van der Waals surface area contributed by atoms with Gasteiger partial charge in [-0.25, -0.2) is 0 Å². The summed E-state index contributed by atoms with van der Waals surface area (Å²) in [5, 5.41) is 6.12. The molecule has 1 aliphatic carbocycles. The monoisotopic (exact) mass is 538 g/mol. The van der Waals surface area contributed by atoms with Gasteiger partial charge in [0, 0.05) is 35.5 Å². The van der Waals surface area contributed by atoms with Crippen molar-refractivity contribution in [1.82, 2.24) is 4.90 Å². The summed E-state index contributed by atoms with van der Waals surface area (Å²) in [7, 11) is 0. The average Bonchev–Trinajstić information content (AvgIpc) is 2.88. The fraction of sp³-hybridized carbons (Fsp3) is 0.440. The van der Waals surface area contributed by atoms with Crippen LogP contribution < -0.4 is 10.2 Å². The molecule has 1 N–H and O–H groups in total. The molecule has 2 amide bonds. The Morgan fingerprint density at radius 2 is 1.78 bits per heavy atom. The van der Waals surface area contributed by atoms with Crippen LogP contribution >= 0.6 is 11.6 Å². The lowest BCUT2D eigenvalue weighted by Gasteiger charge is -2.35. The first-order chi connectivity index (χ1) is 17.6. The minimum Gasteiger partial charge on any atom is -0.382 e. The molecule has 8 nitrogen and oxygen atoms in total. The number of nitroso groups, excluding NO2 is 1. The summed E-state index contributed by atoms with van der Waals surface area (Å²) in [6.07, 6.45) is -2.27. The topological polar surface area (TPSA) is 91.3 Å². The van der Waals surface area contributed by atoms with E-state index >= 15 is 0 Å². The van der Waals surface area contributed by atoms with E-state index in [0.717, 1.165) is 17.8 Å². The van der Waals surface area contributed by atoms with Crippen molar-refractivity contribution in [3.63, 3.8) is 0 Å². The minimum atomic E-state index is -4.67. The van der Waals surface area contributed by atoms with Gasteiger partial charge in [-0.2, -0.15) is 13.2 Å². The zero-order chi connectivity index (χ0) is 26.6. The number of anilines is 2. The Balaban J connectivity index is 1.21. The second kappa shape index (κ2) is 11.5. The predicted molar refractivity (Wildman–Crippen MR) is 133 cm³/mol. The number of halogens is 4. The van der Waals surface area contributed by atoms with Crippen molar-refractivity contribution in [2.24, 2.45) is 5.18 Å². The number of benzene rings is 2. The van der Waals surface area contributed by atoms with Gasteiger partial charge >= 0.3 is 6.18 Å². The molecule has 0 aromatic heterocycles. The smallest absolute Gasteiger partial charge is 0.382 e. The van der Waals surface area contributed by atoms with Gasteiger partial charge in [-0.05, 0) is 73.3 Å². The summed E-state index contributed by atoms with van der Waals surface area (Å²) >= 11 is 5.90. The fourth-order valence-electron chi connectivity index (χ4n) is 4.60. The molecule has 37 heavy (non-hydrogen) atoms. The van der Waals surface area contributed by atoms with Crippen LogP contribution in [0.2, 0.25) is 5.02 Å². The van der Waals surface area contributed by atoms with Gasteiger partial charge in [-0.1, -0.05) is 11.6 Å². The zero-order valence-corrected chi connectivity index (χ0v) is 20.6. The number of carbonyl (C=O) groups is 2. The highest BCUT2D eigenvalue weighted by Gasteiger charge is 2.35. The number of ether oxygens (including phenoxy) is 1. The number of amides is 2. The number of nitrogens with zero attached hydrogens (tertiary/aromatic N) is 3. The molecule has 0 bridgehead atoms. The third kappa shape index (κ3) is 6.78. The second-order valence-corrected chi connectivity index (χ2v) is 9.52. The molecule has 0 unspecified atom stereocenters. The molecule has 12 heteroatoms. The van der Waals surface area contributed by atoms with Crippen LogP contribution in [-0.4, -0.2) is 55.1 Å². The second-order valence-electron chi connectivity index (χ2n) is 9.09. The van der Waals surface area contributed by atoms with Crippen molar-refractivity contribution < 1.29 is 27.5 Å². The molecule has 2 aromatic rings. The van der Waals surface area contributed by atoms with Crippen molar-refractivity contribution >= 4 is 40.5 Å². The highest BCUT2D eigenvalue weighted by atomic mass is 35.5. The Bertz CT molecular complexity index is 1140. The Labute approximate surface area is 216 Å². The van der Waals surface area contributed by atoms with E-state index in [9.17, 15) is 27.7 Å². The molecule has 0 atom stereocenters. The molecular weight excluding hydrogens is 513 g/mol. The summed E-state index contributed by atoms with van der Waals surface area (Å²) in [5.74, 6) is -0.438. The van der Waals surface area contributed by atoms with Crippen LogP contribution in [0.1, 0.15) is 31.2 Å². The number of hydrogen-bond donors (Lipinski definition) is 1. The van der Waals surface area contributed by atoms with E-state index in [0.29, 0.717) is 43.8 Å². The maximum Gasteiger partial charge on any atom is 0.418 e. The molecule has 1 saturated carbocycles. The molecule has 0 spiro atoms. The van der Waals surface area contributed by atoms with E-state index in [4.69, 9.17) is 16.3 Å².